The molecule has 2 atom stereocenters. The van der Waals surface area contributed by atoms with Gasteiger partial charge in [-0.15, -0.1) is 0 Å². The number of rotatable bonds is 6. The highest BCUT2D eigenvalue weighted by molar-refractivity contribution is 5.83. The molecule has 0 aliphatic carbocycles. The van der Waals surface area contributed by atoms with Gasteiger partial charge in [0.25, 0.3) is 0 Å². The molecule has 2 fully saturated rings. The van der Waals surface area contributed by atoms with Gasteiger partial charge in [-0.3, -0.25) is 9.59 Å². The van der Waals surface area contributed by atoms with Gasteiger partial charge in [-0.05, 0) is 38.5 Å². The van der Waals surface area contributed by atoms with Crippen LogP contribution in [0.3, 0.4) is 0 Å². The van der Waals surface area contributed by atoms with Crippen molar-refractivity contribution in [3.8, 4) is 0 Å². The number of hydrogen-bond donors (Lipinski definition) is 2. The predicted octanol–water partition coefficient (Wildman–Crippen LogP) is 0.342. The molecule has 0 spiro atoms. The van der Waals surface area contributed by atoms with Crippen LogP contribution in [-0.4, -0.2) is 44.3 Å². The van der Waals surface area contributed by atoms with Crippen LogP contribution in [0.2, 0.25) is 0 Å². The first-order chi connectivity index (χ1) is 9.71. The molecule has 0 radical (unpaired) electrons. The van der Waals surface area contributed by atoms with Gasteiger partial charge >= 0.3 is 0 Å². The molecule has 6 nitrogen and oxygen atoms in total. The van der Waals surface area contributed by atoms with Crippen LogP contribution in [0.15, 0.2) is 0 Å². The van der Waals surface area contributed by atoms with Gasteiger partial charge in [0.2, 0.25) is 12.3 Å². The molecule has 0 saturated carbocycles. The molecule has 2 aliphatic heterocycles. The van der Waals surface area contributed by atoms with Crippen LogP contribution in [-0.2, 0) is 19.1 Å². The average Bonchev–Trinajstić information content (AvgIpc) is 2.50. The minimum Gasteiger partial charge on any atom is -0.377 e. The lowest BCUT2D eigenvalue weighted by atomic mass is 9.71. The Bertz CT molecular complexity index is 318. The van der Waals surface area contributed by atoms with Crippen LogP contribution in [0, 0.1) is 5.41 Å². The van der Waals surface area contributed by atoms with E-state index >= 15 is 0 Å². The molecule has 0 aromatic rings. The van der Waals surface area contributed by atoms with E-state index in [1.54, 1.807) is 0 Å². The molecular formula is C14H24N2O4. The van der Waals surface area contributed by atoms with Crippen molar-refractivity contribution in [2.75, 3.05) is 19.8 Å². The SMILES string of the molecule is NC(=O)C(CNC=O)(C1CCCCO1)C1CCCCO1. The molecule has 2 amide bonds. The maximum atomic E-state index is 12.2. The summed E-state index contributed by atoms with van der Waals surface area (Å²) < 4.78 is 11.6. The van der Waals surface area contributed by atoms with Crippen LogP contribution in [0.4, 0.5) is 0 Å². The highest BCUT2D eigenvalue weighted by atomic mass is 16.5. The van der Waals surface area contributed by atoms with E-state index in [0.717, 1.165) is 38.5 Å². The molecule has 2 rings (SSSR count). The zero-order chi connectivity index (χ0) is 14.4. The minimum atomic E-state index is -0.957. The number of amides is 2. The summed E-state index contributed by atoms with van der Waals surface area (Å²) in [4.78, 5) is 22.9. The number of ether oxygens (including phenoxy) is 2. The molecule has 2 unspecified atom stereocenters. The van der Waals surface area contributed by atoms with Crippen LogP contribution in [0.25, 0.3) is 0 Å². The van der Waals surface area contributed by atoms with Crippen molar-refractivity contribution in [1.82, 2.24) is 5.32 Å². The standard InChI is InChI=1S/C14H24N2O4/c15-13(18)14(9-16-10-17,11-5-1-3-7-19-11)12-6-2-4-8-20-12/h10-12H,1-9H2,(H2,15,18)(H,16,17). The molecule has 114 valence electrons. The Balaban J connectivity index is 2.26. The van der Waals surface area contributed by atoms with E-state index in [1.807, 2.05) is 0 Å². The first-order valence-electron chi connectivity index (χ1n) is 7.42. The first kappa shape index (κ1) is 15.3. The lowest BCUT2D eigenvalue weighted by Gasteiger charge is -2.45. The lowest BCUT2D eigenvalue weighted by molar-refractivity contribution is -0.170. The third-order valence-corrected chi connectivity index (χ3v) is 4.45. The zero-order valence-electron chi connectivity index (χ0n) is 11.8. The van der Waals surface area contributed by atoms with Crippen molar-refractivity contribution < 1.29 is 19.1 Å². The minimum absolute atomic E-state index is 0.182. The third kappa shape index (κ3) is 2.96. The van der Waals surface area contributed by atoms with Crippen molar-refractivity contribution in [2.24, 2.45) is 11.1 Å². The second-order valence-corrected chi connectivity index (χ2v) is 5.61. The molecule has 2 aliphatic rings. The topological polar surface area (TPSA) is 90.7 Å². The van der Waals surface area contributed by atoms with Gasteiger partial charge in [-0.2, -0.15) is 0 Å². The summed E-state index contributed by atoms with van der Waals surface area (Å²) >= 11 is 0. The van der Waals surface area contributed by atoms with Gasteiger partial charge in [-0.1, -0.05) is 0 Å². The van der Waals surface area contributed by atoms with Crippen molar-refractivity contribution in [3.63, 3.8) is 0 Å². The Morgan fingerprint density at radius 2 is 1.70 bits per heavy atom. The fourth-order valence-corrected chi connectivity index (χ4v) is 3.34. The van der Waals surface area contributed by atoms with Gasteiger partial charge in [0.15, 0.2) is 0 Å². The van der Waals surface area contributed by atoms with E-state index in [1.165, 1.54) is 0 Å². The predicted molar refractivity (Wildman–Crippen MR) is 72.9 cm³/mol. The van der Waals surface area contributed by atoms with Gasteiger partial charge in [0, 0.05) is 19.8 Å². The maximum absolute atomic E-state index is 12.2. The summed E-state index contributed by atoms with van der Waals surface area (Å²) in [5.74, 6) is -0.439. The Labute approximate surface area is 119 Å². The number of primary amides is 1. The number of nitrogens with one attached hydrogen (secondary N) is 1. The second-order valence-electron chi connectivity index (χ2n) is 5.61. The lowest BCUT2D eigenvalue weighted by Crippen LogP contribution is -2.61. The van der Waals surface area contributed by atoms with Crippen LogP contribution in [0.1, 0.15) is 38.5 Å². The molecule has 3 N–H and O–H groups in total. The van der Waals surface area contributed by atoms with Gasteiger partial charge in [0.05, 0.1) is 12.2 Å². The van der Waals surface area contributed by atoms with Crippen molar-refractivity contribution in [2.45, 2.75) is 50.7 Å². The molecule has 20 heavy (non-hydrogen) atoms. The molecule has 0 bridgehead atoms. The Kier molecular flexibility index (Phi) is 5.37. The maximum Gasteiger partial charge on any atom is 0.230 e. The molecule has 6 heteroatoms. The summed E-state index contributed by atoms with van der Waals surface area (Å²) in [5, 5.41) is 2.62. The smallest absolute Gasteiger partial charge is 0.230 e. The van der Waals surface area contributed by atoms with E-state index in [-0.39, 0.29) is 18.8 Å². The summed E-state index contributed by atoms with van der Waals surface area (Å²) in [6.07, 6.45) is 5.63. The summed E-state index contributed by atoms with van der Waals surface area (Å²) in [7, 11) is 0. The Morgan fingerprint density at radius 3 is 2.05 bits per heavy atom. The fourth-order valence-electron chi connectivity index (χ4n) is 3.34. The van der Waals surface area contributed by atoms with E-state index in [4.69, 9.17) is 15.2 Å². The van der Waals surface area contributed by atoms with Crippen molar-refractivity contribution >= 4 is 12.3 Å². The summed E-state index contributed by atoms with van der Waals surface area (Å²) in [6, 6.07) is 0. The van der Waals surface area contributed by atoms with Crippen LogP contribution in [0.5, 0.6) is 0 Å². The fraction of sp³-hybridized carbons (Fsp3) is 0.857. The molecule has 2 heterocycles. The van der Waals surface area contributed by atoms with Crippen molar-refractivity contribution in [1.29, 1.82) is 0 Å². The van der Waals surface area contributed by atoms with E-state index in [9.17, 15) is 9.59 Å². The second kappa shape index (κ2) is 7.04. The number of carbonyl (C=O) groups excluding carboxylic acids is 2. The number of nitrogens with two attached hydrogens (primary N) is 1. The van der Waals surface area contributed by atoms with Gasteiger partial charge in [-0.25, -0.2) is 0 Å². The molecule has 2 saturated heterocycles. The monoisotopic (exact) mass is 284 g/mol. The van der Waals surface area contributed by atoms with E-state index in [0.29, 0.717) is 19.6 Å². The summed E-state index contributed by atoms with van der Waals surface area (Å²) in [6.45, 7) is 1.45. The van der Waals surface area contributed by atoms with E-state index < -0.39 is 11.3 Å². The largest absolute Gasteiger partial charge is 0.377 e. The van der Waals surface area contributed by atoms with E-state index in [2.05, 4.69) is 5.32 Å². The molecule has 0 aromatic heterocycles. The normalized spacial score (nSPS) is 30.2. The summed E-state index contributed by atoms with van der Waals surface area (Å²) in [5.41, 5.74) is 4.76. The highest BCUT2D eigenvalue weighted by Gasteiger charge is 2.52. The Hall–Kier alpha value is -1.14. The van der Waals surface area contributed by atoms with Crippen LogP contribution < -0.4 is 11.1 Å². The average molecular weight is 284 g/mol. The third-order valence-electron chi connectivity index (χ3n) is 4.45. The van der Waals surface area contributed by atoms with Crippen LogP contribution >= 0.6 is 0 Å². The quantitative estimate of drug-likeness (QED) is 0.688. The van der Waals surface area contributed by atoms with Crippen molar-refractivity contribution in [3.05, 3.63) is 0 Å². The molecule has 0 aromatic carbocycles. The highest BCUT2D eigenvalue weighted by Crippen LogP contribution is 2.39. The number of carbonyl (C=O) groups is 2. The Morgan fingerprint density at radius 1 is 1.15 bits per heavy atom. The first-order valence-corrected chi connectivity index (χ1v) is 7.42. The molecular weight excluding hydrogens is 260 g/mol. The van der Waals surface area contributed by atoms with Gasteiger partial charge in [0.1, 0.15) is 5.41 Å². The zero-order valence-corrected chi connectivity index (χ0v) is 11.8. The number of hydrogen-bond acceptors (Lipinski definition) is 4. The van der Waals surface area contributed by atoms with Gasteiger partial charge < -0.3 is 20.5 Å².